The number of nitrogens with one attached hydrogen (secondary N) is 2. The molecule has 9 heteroatoms. The number of aliphatic hydroxyl groups excluding tert-OH is 1. The van der Waals surface area contributed by atoms with Gasteiger partial charge in [0, 0.05) is 41.2 Å². The normalized spacial score (nSPS) is 29.5. The topological polar surface area (TPSA) is 103 Å². The number of aliphatic hydroxyl groups is 1. The predicted octanol–water partition coefficient (Wildman–Crippen LogP) is 6.54. The molecule has 1 aliphatic heterocycles. The molecule has 4 aliphatic carbocycles. The van der Waals surface area contributed by atoms with E-state index in [2.05, 4.69) is 64.2 Å². The molecule has 0 spiro atoms. The number of likely N-dealkylation sites (N-methyl/N-ethyl adjacent to an activating group) is 1. The maximum Gasteiger partial charge on any atom is 0.251 e. The molecule has 5 fully saturated rings. The molecule has 8 atom stereocenters. The van der Waals surface area contributed by atoms with E-state index in [1.807, 2.05) is 42.5 Å². The Bertz CT molecular complexity index is 1550. The molecule has 0 aromatic heterocycles. The highest BCUT2D eigenvalue weighted by molar-refractivity contribution is 5.96. The van der Waals surface area contributed by atoms with Crippen molar-refractivity contribution < 1.29 is 24.3 Å². The van der Waals surface area contributed by atoms with Crippen molar-refractivity contribution in [2.45, 2.75) is 110 Å². The molecule has 3 N–H and O–H groups in total. The highest BCUT2D eigenvalue weighted by Gasteiger charge is 2.57. The van der Waals surface area contributed by atoms with Gasteiger partial charge in [0.15, 0.2) is 0 Å². The van der Waals surface area contributed by atoms with Crippen molar-refractivity contribution in [3.8, 4) is 16.9 Å². The summed E-state index contributed by atoms with van der Waals surface area (Å²) < 4.78 is 6.09. The summed E-state index contributed by atoms with van der Waals surface area (Å²) in [6, 6.07) is 13.4. The Labute approximate surface area is 312 Å². The molecule has 2 bridgehead atoms. The van der Waals surface area contributed by atoms with Crippen molar-refractivity contribution in [1.29, 1.82) is 0 Å². The summed E-state index contributed by atoms with van der Waals surface area (Å²) >= 11 is 0. The number of hydrogen-bond acceptors (Lipinski definition) is 7. The maximum absolute atomic E-state index is 14.3. The van der Waals surface area contributed by atoms with Crippen LogP contribution in [0.4, 0.5) is 0 Å². The van der Waals surface area contributed by atoms with E-state index in [-0.39, 0.29) is 42.3 Å². The van der Waals surface area contributed by atoms with E-state index in [0.29, 0.717) is 46.9 Å². The Balaban J connectivity index is 1.23. The fraction of sp³-hybridized carbons (Fsp3) is 0.674. The Morgan fingerprint density at radius 3 is 2.44 bits per heavy atom. The van der Waals surface area contributed by atoms with Crippen LogP contribution in [0.1, 0.15) is 95.5 Å². The molecule has 0 unspecified atom stereocenters. The molecule has 5 aliphatic rings. The van der Waals surface area contributed by atoms with Gasteiger partial charge in [0.2, 0.25) is 5.91 Å². The van der Waals surface area contributed by atoms with Crippen molar-refractivity contribution >= 4 is 11.8 Å². The third-order valence-electron chi connectivity index (χ3n) is 13.4. The van der Waals surface area contributed by atoms with E-state index in [9.17, 15) is 14.7 Å². The quantitative estimate of drug-likeness (QED) is 0.217. The number of nitrogens with zero attached hydrogens (tertiary/aromatic N) is 2. The Morgan fingerprint density at radius 1 is 1.08 bits per heavy atom. The Kier molecular flexibility index (Phi) is 12.0. The zero-order valence-corrected chi connectivity index (χ0v) is 32.9. The molecule has 2 amide bonds. The molecule has 1 heterocycles. The van der Waals surface area contributed by atoms with Gasteiger partial charge in [-0.05, 0) is 92.5 Å². The number of ether oxygens (including phenoxy) is 1. The second-order valence-corrected chi connectivity index (χ2v) is 17.6. The number of carbonyl (C=O) groups excluding carboxylic acids is 2. The van der Waals surface area contributed by atoms with Crippen molar-refractivity contribution in [2.24, 2.45) is 40.9 Å². The first-order valence-corrected chi connectivity index (χ1v) is 19.9. The lowest BCUT2D eigenvalue weighted by Gasteiger charge is -2.62. The lowest BCUT2D eigenvalue weighted by molar-refractivity contribution is -0.183. The molecule has 9 nitrogen and oxygen atoms in total. The number of para-hydroxylation sites is 1. The molecule has 2 aromatic carbocycles. The van der Waals surface area contributed by atoms with Crippen LogP contribution in [0.25, 0.3) is 11.1 Å². The molecular weight excluding hydrogens is 652 g/mol. The van der Waals surface area contributed by atoms with Gasteiger partial charge in [0.25, 0.3) is 5.91 Å². The largest absolute Gasteiger partial charge is 0.496 e. The second kappa shape index (κ2) is 16.2. The van der Waals surface area contributed by atoms with E-state index in [0.717, 1.165) is 42.5 Å². The van der Waals surface area contributed by atoms with Crippen molar-refractivity contribution in [3.63, 3.8) is 0 Å². The summed E-state index contributed by atoms with van der Waals surface area (Å²) in [7, 11) is 5.79. The van der Waals surface area contributed by atoms with Crippen LogP contribution < -0.4 is 15.4 Å². The van der Waals surface area contributed by atoms with Gasteiger partial charge < -0.3 is 25.4 Å². The number of benzene rings is 2. The number of hydroxylamine groups is 2. The SMILES string of the molecule is COc1c(CN2O[C@@H](CO)[C@H](C(C)C)[C@H]2C(=O)N[C@H]2C[C@@H]3C[C@H]([C@@H]2C)C3(C)C)cccc1-c1cccc(C(=O)N[C@@H](CN(C)C)C2CCCCC2)c1. The van der Waals surface area contributed by atoms with Gasteiger partial charge in [-0.25, -0.2) is 0 Å². The van der Waals surface area contributed by atoms with Gasteiger partial charge in [-0.3, -0.25) is 14.4 Å². The smallest absolute Gasteiger partial charge is 0.251 e. The molecule has 286 valence electrons. The fourth-order valence-electron chi connectivity index (χ4n) is 10.4. The number of carbonyl (C=O) groups is 2. The first kappa shape index (κ1) is 38.7. The van der Waals surface area contributed by atoms with Crippen LogP contribution in [-0.4, -0.2) is 85.5 Å². The van der Waals surface area contributed by atoms with Gasteiger partial charge >= 0.3 is 0 Å². The fourth-order valence-corrected chi connectivity index (χ4v) is 10.4. The van der Waals surface area contributed by atoms with Gasteiger partial charge in [-0.15, -0.1) is 0 Å². The van der Waals surface area contributed by atoms with Crippen LogP contribution in [0, 0.1) is 40.9 Å². The lowest BCUT2D eigenvalue weighted by atomic mass is 9.45. The standard InChI is InChI=1S/C43H64N4O5/c1-26(2)38-37(25-48)52-47(39(38)42(50)44-35-22-32-21-34(27(35)3)43(32,4)5)23-31-18-13-19-33(40(31)51-8)29-16-12-17-30(20-29)41(49)45-36(24-46(6)7)28-14-10-9-11-15-28/h12-13,16-20,26-28,32,34-39,48H,9-11,14-15,21-25H2,1-8H3,(H,44,50)(H,45,49)/t27-,32-,34+,35-,36-,37-,38-,39-/m0/s1. The minimum Gasteiger partial charge on any atom is -0.496 e. The van der Waals surface area contributed by atoms with Gasteiger partial charge in [0.1, 0.15) is 17.9 Å². The van der Waals surface area contributed by atoms with Crippen LogP contribution in [0.2, 0.25) is 0 Å². The molecule has 4 saturated carbocycles. The highest BCUT2D eigenvalue weighted by atomic mass is 16.7. The van der Waals surface area contributed by atoms with Crippen LogP contribution in [-0.2, 0) is 16.2 Å². The summed E-state index contributed by atoms with van der Waals surface area (Å²) in [5, 5.41) is 19.1. The summed E-state index contributed by atoms with van der Waals surface area (Å²) in [5.41, 5.74) is 3.56. The van der Waals surface area contributed by atoms with Crippen LogP contribution in [0.3, 0.4) is 0 Å². The van der Waals surface area contributed by atoms with Crippen molar-refractivity contribution in [2.75, 3.05) is 34.4 Å². The summed E-state index contributed by atoms with van der Waals surface area (Å²) in [4.78, 5) is 36.6. The molecule has 1 saturated heterocycles. The van der Waals surface area contributed by atoms with Gasteiger partial charge in [-0.2, -0.15) is 5.06 Å². The number of hydrogen-bond donors (Lipinski definition) is 3. The Hall–Kier alpha value is -2.98. The van der Waals surface area contributed by atoms with Crippen LogP contribution in [0.5, 0.6) is 5.75 Å². The minimum atomic E-state index is -0.560. The predicted molar refractivity (Wildman–Crippen MR) is 206 cm³/mol. The van der Waals surface area contributed by atoms with Crippen LogP contribution >= 0.6 is 0 Å². The first-order chi connectivity index (χ1) is 24.8. The number of fused-ring (bicyclic) bond motifs is 2. The monoisotopic (exact) mass is 716 g/mol. The van der Waals surface area contributed by atoms with E-state index >= 15 is 0 Å². The average Bonchev–Trinajstić information content (AvgIpc) is 3.50. The van der Waals surface area contributed by atoms with E-state index in [1.54, 1.807) is 12.2 Å². The zero-order valence-electron chi connectivity index (χ0n) is 32.9. The molecule has 52 heavy (non-hydrogen) atoms. The number of methoxy groups -OCH3 is 1. The average molecular weight is 717 g/mol. The second-order valence-electron chi connectivity index (χ2n) is 17.6. The third-order valence-corrected chi connectivity index (χ3v) is 13.4. The molecule has 2 aromatic rings. The summed E-state index contributed by atoms with van der Waals surface area (Å²) in [5.74, 6) is 2.68. The third kappa shape index (κ3) is 7.80. The zero-order chi connectivity index (χ0) is 37.3. The van der Waals surface area contributed by atoms with Crippen molar-refractivity contribution in [1.82, 2.24) is 20.6 Å². The summed E-state index contributed by atoms with van der Waals surface area (Å²) in [6.07, 6.45) is 7.80. The molecular formula is C43H64N4O5. The highest BCUT2D eigenvalue weighted by Crippen LogP contribution is 2.61. The van der Waals surface area contributed by atoms with E-state index < -0.39 is 12.1 Å². The Morgan fingerprint density at radius 2 is 1.81 bits per heavy atom. The molecule has 7 rings (SSSR count). The van der Waals surface area contributed by atoms with Crippen LogP contribution in [0.15, 0.2) is 42.5 Å². The molecule has 0 radical (unpaired) electrons. The van der Waals surface area contributed by atoms with Gasteiger partial charge in [-0.1, -0.05) is 84.2 Å². The summed E-state index contributed by atoms with van der Waals surface area (Å²) in [6.45, 7) is 12.2. The van der Waals surface area contributed by atoms with E-state index in [1.165, 1.54) is 25.7 Å². The van der Waals surface area contributed by atoms with Gasteiger partial charge in [0.05, 0.1) is 20.3 Å². The van der Waals surface area contributed by atoms with E-state index in [4.69, 9.17) is 9.57 Å². The number of amides is 2. The minimum absolute atomic E-state index is 0.0276. The maximum atomic E-state index is 14.3. The lowest BCUT2D eigenvalue weighted by Crippen LogP contribution is -2.62. The van der Waals surface area contributed by atoms with Crippen molar-refractivity contribution in [3.05, 3.63) is 53.6 Å². The first-order valence-electron chi connectivity index (χ1n) is 19.9. The number of rotatable bonds is 13.